The van der Waals surface area contributed by atoms with Crippen LogP contribution in [0.5, 0.6) is 0 Å². The molecule has 1 aromatic carbocycles. The standard InChI is InChI=1S/C11H14N4S2/c1-3-17-11(16)14(2)8-15-10-7-5-4-6-9(10)12-13-15/h4-7H,3,8H2,1-2H3. The zero-order valence-corrected chi connectivity index (χ0v) is 11.5. The van der Waals surface area contributed by atoms with Gasteiger partial charge in [-0.1, -0.05) is 48.2 Å². The van der Waals surface area contributed by atoms with Gasteiger partial charge in [0, 0.05) is 7.05 Å². The SMILES string of the molecule is CCSC(=S)N(C)Cn1nnc2ccccc21. The molecule has 0 N–H and O–H groups in total. The van der Waals surface area contributed by atoms with Gasteiger partial charge >= 0.3 is 0 Å². The van der Waals surface area contributed by atoms with E-state index >= 15 is 0 Å². The van der Waals surface area contributed by atoms with Crippen molar-refractivity contribution in [2.75, 3.05) is 12.8 Å². The number of benzene rings is 1. The van der Waals surface area contributed by atoms with E-state index in [4.69, 9.17) is 12.2 Å². The lowest BCUT2D eigenvalue weighted by Gasteiger charge is -2.18. The van der Waals surface area contributed by atoms with Crippen LogP contribution >= 0.6 is 24.0 Å². The topological polar surface area (TPSA) is 34.0 Å². The number of rotatable bonds is 3. The normalized spacial score (nSPS) is 10.7. The summed E-state index contributed by atoms with van der Waals surface area (Å²) in [5, 5.41) is 8.25. The molecule has 2 rings (SSSR count). The van der Waals surface area contributed by atoms with Crippen molar-refractivity contribution in [2.45, 2.75) is 13.6 Å². The molecule has 0 aliphatic heterocycles. The minimum absolute atomic E-state index is 0.631. The van der Waals surface area contributed by atoms with Crippen LogP contribution in [0.1, 0.15) is 6.92 Å². The molecule has 17 heavy (non-hydrogen) atoms. The summed E-state index contributed by atoms with van der Waals surface area (Å²) in [7, 11) is 1.97. The van der Waals surface area contributed by atoms with E-state index in [0.717, 1.165) is 21.1 Å². The second-order valence-corrected chi connectivity index (χ2v) is 5.51. The summed E-state index contributed by atoms with van der Waals surface area (Å²) in [5.74, 6) is 0.987. The smallest absolute Gasteiger partial charge is 0.137 e. The Morgan fingerprint density at radius 3 is 3.00 bits per heavy atom. The lowest BCUT2D eigenvalue weighted by atomic mass is 10.3. The maximum Gasteiger partial charge on any atom is 0.137 e. The molecular formula is C11H14N4S2. The van der Waals surface area contributed by atoms with Gasteiger partial charge in [0.2, 0.25) is 0 Å². The van der Waals surface area contributed by atoms with Crippen LogP contribution < -0.4 is 0 Å². The average Bonchev–Trinajstić information content (AvgIpc) is 2.73. The summed E-state index contributed by atoms with van der Waals surface area (Å²) >= 11 is 6.96. The van der Waals surface area contributed by atoms with Gasteiger partial charge in [0.1, 0.15) is 16.5 Å². The Bertz CT molecular complexity index is 523. The average molecular weight is 266 g/mol. The lowest BCUT2D eigenvalue weighted by molar-refractivity contribution is 0.389. The van der Waals surface area contributed by atoms with Crippen molar-refractivity contribution in [1.29, 1.82) is 0 Å². The van der Waals surface area contributed by atoms with Crippen molar-refractivity contribution in [3.05, 3.63) is 24.3 Å². The predicted molar refractivity (Wildman–Crippen MR) is 76.0 cm³/mol. The van der Waals surface area contributed by atoms with Crippen molar-refractivity contribution in [2.24, 2.45) is 0 Å². The molecule has 0 aliphatic rings. The fourth-order valence-electron chi connectivity index (χ4n) is 1.51. The zero-order valence-electron chi connectivity index (χ0n) is 9.83. The number of hydrogen-bond acceptors (Lipinski definition) is 4. The first-order valence-corrected chi connectivity index (χ1v) is 6.78. The van der Waals surface area contributed by atoms with Gasteiger partial charge in [0.25, 0.3) is 0 Å². The number of fused-ring (bicyclic) bond motifs is 1. The molecule has 0 radical (unpaired) electrons. The third-order valence-electron chi connectivity index (χ3n) is 2.35. The molecule has 0 amide bonds. The number of hydrogen-bond donors (Lipinski definition) is 0. The zero-order chi connectivity index (χ0) is 12.3. The van der Waals surface area contributed by atoms with Gasteiger partial charge in [-0.2, -0.15) is 0 Å². The monoisotopic (exact) mass is 266 g/mol. The molecule has 1 heterocycles. The second-order valence-electron chi connectivity index (χ2n) is 3.62. The molecular weight excluding hydrogens is 252 g/mol. The summed E-state index contributed by atoms with van der Waals surface area (Å²) in [6.45, 7) is 2.72. The molecule has 0 bridgehead atoms. The Hall–Kier alpha value is -1.14. The fraction of sp³-hybridized carbons (Fsp3) is 0.364. The van der Waals surface area contributed by atoms with E-state index in [9.17, 15) is 0 Å². The first-order valence-electron chi connectivity index (χ1n) is 5.38. The van der Waals surface area contributed by atoms with Crippen LogP contribution in [0, 0.1) is 0 Å². The summed E-state index contributed by atoms with van der Waals surface area (Å²) < 4.78 is 2.74. The number of aromatic nitrogens is 3. The quantitative estimate of drug-likeness (QED) is 0.797. The van der Waals surface area contributed by atoms with Crippen molar-refractivity contribution in [3.63, 3.8) is 0 Å². The number of nitrogens with zero attached hydrogens (tertiary/aromatic N) is 4. The van der Waals surface area contributed by atoms with E-state index in [-0.39, 0.29) is 0 Å². The summed E-state index contributed by atoms with van der Waals surface area (Å²) in [5.41, 5.74) is 1.94. The molecule has 0 saturated heterocycles. The van der Waals surface area contributed by atoms with Gasteiger partial charge in [-0.3, -0.25) is 0 Å². The van der Waals surface area contributed by atoms with E-state index < -0.39 is 0 Å². The van der Waals surface area contributed by atoms with Crippen molar-refractivity contribution >= 4 is 39.3 Å². The highest BCUT2D eigenvalue weighted by atomic mass is 32.2. The highest BCUT2D eigenvalue weighted by Crippen LogP contribution is 2.12. The Morgan fingerprint density at radius 2 is 2.24 bits per heavy atom. The van der Waals surface area contributed by atoms with E-state index in [1.165, 1.54) is 0 Å². The van der Waals surface area contributed by atoms with Crippen LogP contribution in [0.25, 0.3) is 11.0 Å². The summed E-state index contributed by atoms with van der Waals surface area (Å²) in [6, 6.07) is 7.92. The lowest BCUT2D eigenvalue weighted by Crippen LogP contribution is -2.26. The van der Waals surface area contributed by atoms with Crippen LogP contribution in [0.3, 0.4) is 0 Å². The van der Waals surface area contributed by atoms with Crippen LogP contribution in [-0.4, -0.2) is 37.0 Å². The van der Waals surface area contributed by atoms with Gasteiger partial charge in [0.05, 0.1) is 5.52 Å². The van der Waals surface area contributed by atoms with Crippen LogP contribution in [0.2, 0.25) is 0 Å². The van der Waals surface area contributed by atoms with Crippen LogP contribution in [-0.2, 0) is 6.67 Å². The van der Waals surface area contributed by atoms with Gasteiger partial charge < -0.3 is 4.90 Å². The van der Waals surface area contributed by atoms with Gasteiger partial charge in [0.15, 0.2) is 0 Å². The largest absolute Gasteiger partial charge is 0.341 e. The third-order valence-corrected chi connectivity index (χ3v) is 3.86. The molecule has 1 aromatic heterocycles. The Morgan fingerprint density at radius 1 is 1.47 bits per heavy atom. The molecule has 6 heteroatoms. The maximum atomic E-state index is 5.30. The minimum Gasteiger partial charge on any atom is -0.341 e. The molecule has 0 saturated carbocycles. The van der Waals surface area contributed by atoms with Gasteiger partial charge in [-0.25, -0.2) is 4.68 Å². The molecule has 90 valence electrons. The number of thioether (sulfide) groups is 1. The Labute approximate surface area is 110 Å². The summed E-state index contributed by atoms with van der Waals surface area (Å²) in [4.78, 5) is 2.00. The predicted octanol–water partition coefficient (Wildman–Crippen LogP) is 2.36. The second kappa shape index (κ2) is 5.46. The van der Waals surface area contributed by atoms with E-state index in [2.05, 4.69) is 17.2 Å². The Kier molecular flexibility index (Phi) is 3.96. The molecule has 0 aliphatic carbocycles. The Balaban J connectivity index is 2.16. The van der Waals surface area contributed by atoms with Crippen molar-refractivity contribution in [1.82, 2.24) is 19.9 Å². The highest BCUT2D eigenvalue weighted by molar-refractivity contribution is 8.22. The van der Waals surface area contributed by atoms with Gasteiger partial charge in [-0.05, 0) is 17.9 Å². The number of para-hydroxylation sites is 1. The molecule has 0 atom stereocenters. The van der Waals surface area contributed by atoms with E-state index in [1.54, 1.807) is 11.8 Å². The van der Waals surface area contributed by atoms with Crippen molar-refractivity contribution < 1.29 is 0 Å². The van der Waals surface area contributed by atoms with Crippen LogP contribution in [0.15, 0.2) is 24.3 Å². The van der Waals surface area contributed by atoms with E-state index in [1.807, 2.05) is 40.9 Å². The van der Waals surface area contributed by atoms with Crippen LogP contribution in [0.4, 0.5) is 0 Å². The third kappa shape index (κ3) is 2.76. The molecule has 0 fully saturated rings. The highest BCUT2D eigenvalue weighted by Gasteiger charge is 2.08. The molecule has 0 spiro atoms. The fourth-order valence-corrected chi connectivity index (χ4v) is 2.45. The van der Waals surface area contributed by atoms with Crippen molar-refractivity contribution in [3.8, 4) is 0 Å². The summed E-state index contributed by atoms with van der Waals surface area (Å²) in [6.07, 6.45) is 0. The molecule has 4 nitrogen and oxygen atoms in total. The van der Waals surface area contributed by atoms with Gasteiger partial charge in [-0.15, -0.1) is 5.10 Å². The maximum absolute atomic E-state index is 5.30. The van der Waals surface area contributed by atoms with E-state index in [0.29, 0.717) is 6.67 Å². The first kappa shape index (κ1) is 12.3. The minimum atomic E-state index is 0.631. The first-order chi connectivity index (χ1) is 8.22. The molecule has 2 aromatic rings. The molecule has 0 unspecified atom stereocenters. The number of thiocarbonyl (C=S) groups is 1.